The number of aryl methyl sites for hydroxylation is 1. The van der Waals surface area contributed by atoms with Gasteiger partial charge in [0.05, 0.1) is 5.71 Å². The van der Waals surface area contributed by atoms with Crippen molar-refractivity contribution in [2.24, 2.45) is 5.10 Å². The number of hydrogen-bond donors (Lipinski definition) is 3. The molecule has 2 aromatic carbocycles. The number of anilines is 1. The lowest BCUT2D eigenvalue weighted by atomic mass is 10.1. The predicted octanol–water partition coefficient (Wildman–Crippen LogP) is 3.25. The van der Waals surface area contributed by atoms with Crippen LogP contribution in [-0.2, 0) is 0 Å². The molecule has 0 aromatic heterocycles. The van der Waals surface area contributed by atoms with E-state index in [-0.39, 0.29) is 5.75 Å². The number of phenolic OH excluding ortho intramolecular Hbond substituents is 1. The van der Waals surface area contributed by atoms with Crippen molar-refractivity contribution >= 4 is 17.4 Å². The van der Waals surface area contributed by atoms with Gasteiger partial charge in [-0.2, -0.15) is 5.10 Å². The van der Waals surface area contributed by atoms with Crippen LogP contribution in [0.15, 0.2) is 53.6 Å². The third-order valence-corrected chi connectivity index (χ3v) is 2.93. The number of carbonyl (C=O) groups excluding carboxylic acids is 1. The van der Waals surface area contributed by atoms with Gasteiger partial charge in [-0.1, -0.05) is 29.8 Å². The highest BCUT2D eigenvalue weighted by molar-refractivity contribution is 6.01. The molecule has 0 bridgehead atoms. The molecule has 0 aliphatic heterocycles. The molecule has 0 radical (unpaired) electrons. The van der Waals surface area contributed by atoms with Gasteiger partial charge in [0.25, 0.3) is 0 Å². The number of carbonyl (C=O) groups is 1. The molecule has 2 rings (SSSR count). The number of hydrazone groups is 1. The SMILES string of the molecule is C/C(=N\NC(=O)Nc1ccc(C)cc1)c1ccccc1O. The summed E-state index contributed by atoms with van der Waals surface area (Å²) in [5.41, 5.74) is 5.30. The van der Waals surface area contributed by atoms with E-state index >= 15 is 0 Å². The zero-order valence-electron chi connectivity index (χ0n) is 11.9. The highest BCUT2D eigenvalue weighted by Crippen LogP contribution is 2.16. The summed E-state index contributed by atoms with van der Waals surface area (Å²) in [6.07, 6.45) is 0. The highest BCUT2D eigenvalue weighted by atomic mass is 16.3. The fraction of sp³-hybridized carbons (Fsp3) is 0.125. The van der Waals surface area contributed by atoms with Crippen molar-refractivity contribution in [3.8, 4) is 5.75 Å². The minimum absolute atomic E-state index is 0.125. The number of para-hydroxylation sites is 1. The van der Waals surface area contributed by atoms with Crippen LogP contribution in [0.4, 0.5) is 10.5 Å². The number of urea groups is 1. The molecular weight excluding hydrogens is 266 g/mol. The molecule has 0 fully saturated rings. The van der Waals surface area contributed by atoms with Crippen molar-refractivity contribution in [3.63, 3.8) is 0 Å². The van der Waals surface area contributed by atoms with Crippen LogP contribution in [0.25, 0.3) is 0 Å². The Kier molecular flexibility index (Phi) is 4.56. The van der Waals surface area contributed by atoms with E-state index in [9.17, 15) is 9.90 Å². The number of nitrogens with zero attached hydrogens (tertiary/aromatic N) is 1. The molecule has 108 valence electrons. The van der Waals surface area contributed by atoms with Gasteiger partial charge in [-0.05, 0) is 38.1 Å². The molecule has 0 unspecified atom stereocenters. The van der Waals surface area contributed by atoms with Gasteiger partial charge in [0, 0.05) is 11.3 Å². The molecule has 2 amide bonds. The summed E-state index contributed by atoms with van der Waals surface area (Å²) in [7, 11) is 0. The van der Waals surface area contributed by atoms with E-state index in [2.05, 4.69) is 15.8 Å². The molecule has 5 nitrogen and oxygen atoms in total. The number of hydrogen-bond acceptors (Lipinski definition) is 3. The molecule has 0 atom stereocenters. The first kappa shape index (κ1) is 14.6. The number of nitrogens with one attached hydrogen (secondary N) is 2. The monoisotopic (exact) mass is 283 g/mol. The van der Waals surface area contributed by atoms with E-state index in [4.69, 9.17) is 0 Å². The average molecular weight is 283 g/mol. The lowest BCUT2D eigenvalue weighted by Gasteiger charge is -2.06. The number of benzene rings is 2. The molecule has 0 aliphatic carbocycles. The minimum atomic E-state index is -0.436. The molecule has 0 spiro atoms. The van der Waals surface area contributed by atoms with E-state index in [0.29, 0.717) is 17.0 Å². The fourth-order valence-corrected chi connectivity index (χ4v) is 1.77. The summed E-state index contributed by atoms with van der Waals surface area (Å²) in [6, 6.07) is 13.8. The topological polar surface area (TPSA) is 73.7 Å². The average Bonchev–Trinajstić information content (AvgIpc) is 2.48. The smallest absolute Gasteiger partial charge is 0.339 e. The van der Waals surface area contributed by atoms with Crippen LogP contribution in [0.5, 0.6) is 5.75 Å². The van der Waals surface area contributed by atoms with E-state index in [1.807, 2.05) is 31.2 Å². The second-order valence-electron chi connectivity index (χ2n) is 4.65. The Hall–Kier alpha value is -2.82. The third kappa shape index (κ3) is 4.07. The normalized spacial score (nSPS) is 11.0. The van der Waals surface area contributed by atoms with Gasteiger partial charge < -0.3 is 10.4 Å². The lowest BCUT2D eigenvalue weighted by Crippen LogP contribution is -2.25. The minimum Gasteiger partial charge on any atom is -0.507 e. The van der Waals surface area contributed by atoms with Crippen molar-refractivity contribution in [1.29, 1.82) is 0 Å². The van der Waals surface area contributed by atoms with Crippen LogP contribution in [0.1, 0.15) is 18.1 Å². The van der Waals surface area contributed by atoms with Crippen LogP contribution in [0.3, 0.4) is 0 Å². The van der Waals surface area contributed by atoms with Crippen molar-refractivity contribution in [1.82, 2.24) is 5.43 Å². The van der Waals surface area contributed by atoms with Crippen LogP contribution < -0.4 is 10.7 Å². The van der Waals surface area contributed by atoms with Crippen molar-refractivity contribution in [2.45, 2.75) is 13.8 Å². The highest BCUT2D eigenvalue weighted by Gasteiger charge is 2.04. The van der Waals surface area contributed by atoms with Gasteiger partial charge >= 0.3 is 6.03 Å². The second-order valence-corrected chi connectivity index (χ2v) is 4.65. The molecule has 0 heterocycles. The van der Waals surface area contributed by atoms with Gasteiger partial charge in [0.2, 0.25) is 0 Å². The Bertz CT molecular complexity index is 663. The van der Waals surface area contributed by atoms with E-state index < -0.39 is 6.03 Å². The molecule has 0 saturated heterocycles. The molecule has 21 heavy (non-hydrogen) atoms. The second kappa shape index (κ2) is 6.56. The van der Waals surface area contributed by atoms with Gasteiger partial charge in [-0.3, -0.25) is 0 Å². The Morgan fingerprint density at radius 1 is 1.10 bits per heavy atom. The summed E-state index contributed by atoms with van der Waals surface area (Å²) in [5, 5.41) is 16.3. The summed E-state index contributed by atoms with van der Waals surface area (Å²) >= 11 is 0. The standard InChI is InChI=1S/C16H17N3O2/c1-11-7-9-13(10-8-11)17-16(21)19-18-12(2)14-5-3-4-6-15(14)20/h3-10,20H,1-2H3,(H2,17,19,21)/b18-12+. The first-order valence-electron chi connectivity index (χ1n) is 6.52. The zero-order chi connectivity index (χ0) is 15.2. The molecule has 2 aromatic rings. The number of aromatic hydroxyl groups is 1. The van der Waals surface area contributed by atoms with Crippen molar-refractivity contribution in [3.05, 3.63) is 59.7 Å². The summed E-state index contributed by atoms with van der Waals surface area (Å²) in [6.45, 7) is 3.69. The summed E-state index contributed by atoms with van der Waals surface area (Å²) < 4.78 is 0. The molecule has 0 saturated carbocycles. The van der Waals surface area contributed by atoms with Crippen molar-refractivity contribution < 1.29 is 9.90 Å². The van der Waals surface area contributed by atoms with Crippen LogP contribution in [0.2, 0.25) is 0 Å². The maximum atomic E-state index is 11.7. The fourth-order valence-electron chi connectivity index (χ4n) is 1.77. The third-order valence-electron chi connectivity index (χ3n) is 2.93. The Labute approximate surface area is 123 Å². The van der Waals surface area contributed by atoms with Gasteiger partial charge in [0.15, 0.2) is 0 Å². The molecule has 3 N–H and O–H groups in total. The maximum Gasteiger partial charge on any atom is 0.339 e. The van der Waals surface area contributed by atoms with Gasteiger partial charge in [-0.25, -0.2) is 10.2 Å². The Morgan fingerprint density at radius 2 is 1.76 bits per heavy atom. The molecule has 5 heteroatoms. The summed E-state index contributed by atoms with van der Waals surface area (Å²) in [5.74, 6) is 0.125. The van der Waals surface area contributed by atoms with Crippen LogP contribution in [-0.4, -0.2) is 16.8 Å². The first-order chi connectivity index (χ1) is 10.1. The van der Waals surface area contributed by atoms with E-state index in [0.717, 1.165) is 5.56 Å². The van der Waals surface area contributed by atoms with Gasteiger partial charge in [0.1, 0.15) is 5.75 Å². The Morgan fingerprint density at radius 3 is 2.43 bits per heavy atom. The first-order valence-corrected chi connectivity index (χ1v) is 6.52. The Balaban J connectivity index is 1.98. The number of rotatable bonds is 3. The van der Waals surface area contributed by atoms with E-state index in [1.54, 1.807) is 31.2 Å². The predicted molar refractivity (Wildman–Crippen MR) is 83.7 cm³/mol. The number of phenols is 1. The molecular formula is C16H17N3O2. The quantitative estimate of drug-likeness (QED) is 0.597. The largest absolute Gasteiger partial charge is 0.507 e. The van der Waals surface area contributed by atoms with Gasteiger partial charge in [-0.15, -0.1) is 0 Å². The van der Waals surface area contributed by atoms with Crippen LogP contribution in [0, 0.1) is 6.92 Å². The number of amides is 2. The van der Waals surface area contributed by atoms with Crippen molar-refractivity contribution in [2.75, 3.05) is 5.32 Å². The lowest BCUT2D eigenvalue weighted by molar-refractivity contribution is 0.252. The molecule has 0 aliphatic rings. The maximum absolute atomic E-state index is 11.7. The van der Waals surface area contributed by atoms with E-state index in [1.165, 1.54) is 0 Å². The zero-order valence-corrected chi connectivity index (χ0v) is 11.9. The van der Waals surface area contributed by atoms with Crippen LogP contribution >= 0.6 is 0 Å². The summed E-state index contributed by atoms with van der Waals surface area (Å²) in [4.78, 5) is 11.7.